The molecule has 29 heavy (non-hydrogen) atoms. The highest BCUT2D eigenvalue weighted by Gasteiger charge is 2.30. The van der Waals surface area contributed by atoms with Crippen LogP contribution in [0.2, 0.25) is 0 Å². The maximum Gasteiger partial charge on any atom is 0.138 e. The number of hydrogen-bond acceptors (Lipinski definition) is 4. The summed E-state index contributed by atoms with van der Waals surface area (Å²) in [6, 6.07) is 21.5. The summed E-state index contributed by atoms with van der Waals surface area (Å²) in [5, 5.41) is 10.2. The molecule has 5 rings (SSSR count). The van der Waals surface area contributed by atoms with Gasteiger partial charge in [-0.2, -0.15) is 0 Å². The van der Waals surface area contributed by atoms with Gasteiger partial charge in [0, 0.05) is 54.5 Å². The number of anilines is 1. The van der Waals surface area contributed by atoms with E-state index in [-0.39, 0.29) is 11.7 Å². The SMILES string of the molecule is CN(C)c1ccc(C2=CC3C=C(c4ccccc4)Oc4cc(O)cc(c43)O2)cc1. The van der Waals surface area contributed by atoms with E-state index < -0.39 is 0 Å². The number of phenols is 1. The van der Waals surface area contributed by atoms with E-state index in [0.29, 0.717) is 11.5 Å². The minimum Gasteiger partial charge on any atom is -0.508 e. The number of nitrogens with zero attached hydrogens (tertiary/aromatic N) is 1. The Hall–Kier alpha value is -3.66. The Morgan fingerprint density at radius 2 is 1.31 bits per heavy atom. The Morgan fingerprint density at radius 1 is 0.759 bits per heavy atom. The molecule has 0 aliphatic carbocycles. The van der Waals surface area contributed by atoms with E-state index in [9.17, 15) is 5.11 Å². The summed E-state index contributed by atoms with van der Waals surface area (Å²) in [6.45, 7) is 0. The second-order valence-corrected chi connectivity index (χ2v) is 7.45. The largest absolute Gasteiger partial charge is 0.508 e. The molecule has 3 aromatic carbocycles. The molecule has 1 unspecified atom stereocenters. The van der Waals surface area contributed by atoms with E-state index in [1.54, 1.807) is 12.1 Å². The lowest BCUT2D eigenvalue weighted by molar-refractivity contribution is 0.431. The van der Waals surface area contributed by atoms with E-state index in [1.165, 1.54) is 0 Å². The summed E-state index contributed by atoms with van der Waals surface area (Å²) < 4.78 is 12.3. The number of benzene rings is 3. The van der Waals surface area contributed by atoms with E-state index in [2.05, 4.69) is 41.3 Å². The van der Waals surface area contributed by atoms with Gasteiger partial charge in [-0.1, -0.05) is 30.3 Å². The monoisotopic (exact) mass is 383 g/mol. The maximum atomic E-state index is 10.2. The summed E-state index contributed by atoms with van der Waals surface area (Å²) in [7, 11) is 4.04. The van der Waals surface area contributed by atoms with E-state index >= 15 is 0 Å². The van der Waals surface area contributed by atoms with Crippen LogP contribution in [0.5, 0.6) is 17.2 Å². The highest BCUT2D eigenvalue weighted by Crippen LogP contribution is 2.49. The first-order valence-corrected chi connectivity index (χ1v) is 9.58. The van der Waals surface area contributed by atoms with Crippen molar-refractivity contribution in [3.63, 3.8) is 0 Å². The third-order valence-electron chi connectivity index (χ3n) is 5.25. The lowest BCUT2D eigenvalue weighted by atomic mass is 9.89. The summed E-state index contributed by atoms with van der Waals surface area (Å²) in [5.74, 6) is 2.93. The van der Waals surface area contributed by atoms with Crippen molar-refractivity contribution < 1.29 is 14.6 Å². The fourth-order valence-electron chi connectivity index (χ4n) is 3.77. The van der Waals surface area contributed by atoms with Gasteiger partial charge in [-0.05, 0) is 36.4 Å². The molecular weight excluding hydrogens is 362 g/mol. The molecule has 4 heteroatoms. The molecule has 2 heterocycles. The van der Waals surface area contributed by atoms with E-state index in [1.807, 2.05) is 44.4 Å². The van der Waals surface area contributed by atoms with E-state index in [0.717, 1.165) is 33.9 Å². The van der Waals surface area contributed by atoms with Crippen molar-refractivity contribution >= 4 is 17.2 Å². The smallest absolute Gasteiger partial charge is 0.138 e. The average Bonchev–Trinajstić information content (AvgIpc) is 2.73. The number of ether oxygens (including phenoxy) is 2. The zero-order valence-corrected chi connectivity index (χ0v) is 16.3. The van der Waals surface area contributed by atoms with Gasteiger partial charge in [-0.25, -0.2) is 0 Å². The van der Waals surface area contributed by atoms with Gasteiger partial charge < -0.3 is 19.5 Å². The molecule has 0 radical (unpaired) electrons. The summed E-state index contributed by atoms with van der Waals surface area (Å²) in [6.07, 6.45) is 4.22. The van der Waals surface area contributed by atoms with Crippen LogP contribution >= 0.6 is 0 Å². The van der Waals surface area contributed by atoms with Crippen LogP contribution in [0.1, 0.15) is 22.6 Å². The number of aromatic hydroxyl groups is 1. The van der Waals surface area contributed by atoms with Crippen LogP contribution in [0.4, 0.5) is 5.69 Å². The number of allylic oxidation sites excluding steroid dienone is 2. The van der Waals surface area contributed by atoms with Gasteiger partial charge in [0.25, 0.3) is 0 Å². The Labute approximate surface area is 169 Å². The zero-order chi connectivity index (χ0) is 20.0. The summed E-state index contributed by atoms with van der Waals surface area (Å²) in [5.41, 5.74) is 4.06. The molecule has 2 aliphatic heterocycles. The fraction of sp³-hybridized carbons (Fsp3) is 0.120. The molecule has 0 spiro atoms. The molecular formula is C25H21NO3. The van der Waals surface area contributed by atoms with Crippen molar-refractivity contribution in [1.82, 2.24) is 0 Å². The molecule has 1 N–H and O–H groups in total. The van der Waals surface area contributed by atoms with Crippen molar-refractivity contribution in [2.75, 3.05) is 19.0 Å². The lowest BCUT2D eigenvalue weighted by Gasteiger charge is -2.30. The average molecular weight is 383 g/mol. The fourth-order valence-corrected chi connectivity index (χ4v) is 3.77. The van der Waals surface area contributed by atoms with Crippen molar-refractivity contribution in [2.45, 2.75) is 5.92 Å². The van der Waals surface area contributed by atoms with Crippen molar-refractivity contribution in [2.24, 2.45) is 0 Å². The minimum atomic E-state index is 0.00170. The van der Waals surface area contributed by atoms with Gasteiger partial charge in [-0.15, -0.1) is 0 Å². The van der Waals surface area contributed by atoms with Crippen LogP contribution in [-0.4, -0.2) is 19.2 Å². The topological polar surface area (TPSA) is 41.9 Å². The van der Waals surface area contributed by atoms with Gasteiger partial charge in [-0.3, -0.25) is 0 Å². The molecule has 0 saturated heterocycles. The van der Waals surface area contributed by atoms with Crippen LogP contribution < -0.4 is 14.4 Å². The Kier molecular flexibility index (Phi) is 4.06. The van der Waals surface area contributed by atoms with Crippen LogP contribution in [0.15, 0.2) is 78.9 Å². The molecule has 4 nitrogen and oxygen atoms in total. The zero-order valence-electron chi connectivity index (χ0n) is 16.3. The molecule has 3 aromatic rings. The Morgan fingerprint density at radius 3 is 1.86 bits per heavy atom. The van der Waals surface area contributed by atoms with Crippen LogP contribution in [0.3, 0.4) is 0 Å². The first kappa shape index (κ1) is 17.4. The van der Waals surface area contributed by atoms with Crippen molar-refractivity contribution in [3.05, 3.63) is 95.6 Å². The molecule has 144 valence electrons. The van der Waals surface area contributed by atoms with Gasteiger partial charge >= 0.3 is 0 Å². The van der Waals surface area contributed by atoms with Crippen molar-refractivity contribution in [3.8, 4) is 17.2 Å². The number of phenolic OH excluding ortho intramolecular Hbond substituents is 1. The third-order valence-corrected chi connectivity index (χ3v) is 5.25. The minimum absolute atomic E-state index is 0.00170. The third kappa shape index (κ3) is 3.13. The quantitative estimate of drug-likeness (QED) is 0.657. The predicted octanol–water partition coefficient (Wildman–Crippen LogP) is 5.41. The van der Waals surface area contributed by atoms with Gasteiger partial charge in [0.1, 0.15) is 28.8 Å². The molecule has 0 fully saturated rings. The van der Waals surface area contributed by atoms with Crippen LogP contribution in [0, 0.1) is 0 Å². The first-order valence-electron chi connectivity index (χ1n) is 9.58. The maximum absolute atomic E-state index is 10.2. The van der Waals surface area contributed by atoms with Gasteiger partial charge in [0.2, 0.25) is 0 Å². The summed E-state index contributed by atoms with van der Waals surface area (Å²) >= 11 is 0. The first-order chi connectivity index (χ1) is 14.1. The Bertz CT molecular complexity index is 1130. The lowest BCUT2D eigenvalue weighted by Crippen LogP contribution is -2.14. The molecule has 0 amide bonds. The van der Waals surface area contributed by atoms with E-state index in [4.69, 9.17) is 9.47 Å². The van der Waals surface area contributed by atoms with Crippen LogP contribution in [-0.2, 0) is 0 Å². The molecule has 0 bridgehead atoms. The predicted molar refractivity (Wildman–Crippen MR) is 115 cm³/mol. The van der Waals surface area contributed by atoms with Gasteiger partial charge in [0.05, 0.1) is 0 Å². The number of hydrogen-bond donors (Lipinski definition) is 1. The normalized spacial score (nSPS) is 16.7. The molecule has 1 atom stereocenters. The molecule has 0 saturated carbocycles. The summed E-state index contributed by atoms with van der Waals surface area (Å²) in [4.78, 5) is 2.06. The van der Waals surface area contributed by atoms with Crippen LogP contribution in [0.25, 0.3) is 11.5 Å². The highest BCUT2D eigenvalue weighted by molar-refractivity contribution is 5.76. The number of rotatable bonds is 3. The second kappa shape index (κ2) is 6.74. The molecule has 0 aromatic heterocycles. The van der Waals surface area contributed by atoms with Crippen molar-refractivity contribution in [1.29, 1.82) is 0 Å². The highest BCUT2D eigenvalue weighted by atomic mass is 16.5. The second-order valence-electron chi connectivity index (χ2n) is 7.45. The Balaban J connectivity index is 1.60. The van der Waals surface area contributed by atoms with Gasteiger partial charge in [0.15, 0.2) is 0 Å². The standard InChI is InChI=1S/C25H21NO3/c1-26(2)19-10-8-17(9-11-19)22-13-18-12-21(16-6-4-3-5-7-16)28-23-14-20(27)15-24(29-22)25(18)23/h3-15,18,27H,1-2H3. The molecule has 2 aliphatic rings.